The topological polar surface area (TPSA) is 93.0 Å². The molecule has 0 saturated carbocycles. The molecule has 0 aliphatic carbocycles. The van der Waals surface area contributed by atoms with E-state index in [1.54, 1.807) is 43.7 Å². The molecule has 2 N–H and O–H groups in total. The lowest BCUT2D eigenvalue weighted by Gasteiger charge is -2.26. The summed E-state index contributed by atoms with van der Waals surface area (Å²) in [6.07, 6.45) is 4.45. The van der Waals surface area contributed by atoms with E-state index in [0.717, 1.165) is 37.3 Å². The summed E-state index contributed by atoms with van der Waals surface area (Å²) in [4.78, 5) is 28.4. The quantitative estimate of drug-likeness (QED) is 0.327. The maximum Gasteiger partial charge on any atom is 0.259 e. The summed E-state index contributed by atoms with van der Waals surface area (Å²) in [6.45, 7) is 6.00. The van der Waals surface area contributed by atoms with Crippen LogP contribution in [-0.2, 0) is 6.54 Å². The second-order valence-corrected chi connectivity index (χ2v) is 8.36. The van der Waals surface area contributed by atoms with Crippen LogP contribution in [-0.4, -0.2) is 39.1 Å². The Bertz CT molecular complexity index is 1140. The Morgan fingerprint density at radius 2 is 1.78 bits per heavy atom. The molecular formula is C28H35N3O5. The molecule has 0 atom stereocenters. The Hall–Kier alpha value is -3.94. The maximum absolute atomic E-state index is 13.2. The highest BCUT2D eigenvalue weighted by Gasteiger charge is 2.20. The Kier molecular flexibility index (Phi) is 9.80. The van der Waals surface area contributed by atoms with Crippen LogP contribution in [0.3, 0.4) is 0 Å². The van der Waals surface area contributed by atoms with E-state index in [9.17, 15) is 9.59 Å². The van der Waals surface area contributed by atoms with E-state index >= 15 is 0 Å². The number of benzene rings is 2. The van der Waals surface area contributed by atoms with Crippen molar-refractivity contribution in [2.75, 3.05) is 37.5 Å². The van der Waals surface area contributed by atoms with Crippen LogP contribution in [0.25, 0.3) is 0 Å². The molecule has 3 rings (SSSR count). The first-order valence-electron chi connectivity index (χ1n) is 12.2. The third kappa shape index (κ3) is 6.81. The van der Waals surface area contributed by atoms with Gasteiger partial charge in [0.1, 0.15) is 17.3 Å². The number of unbranched alkanes of at least 4 members (excludes halogenated alkanes) is 1. The molecule has 8 nitrogen and oxygen atoms in total. The number of hydrogen-bond acceptors (Lipinski definition) is 6. The van der Waals surface area contributed by atoms with Gasteiger partial charge in [0.25, 0.3) is 11.8 Å². The number of hydrogen-bond donors (Lipinski definition) is 2. The molecule has 0 spiro atoms. The molecule has 1 heterocycles. The van der Waals surface area contributed by atoms with Crippen LogP contribution < -0.4 is 25.0 Å². The maximum atomic E-state index is 13.2. The molecule has 0 saturated heterocycles. The van der Waals surface area contributed by atoms with E-state index in [1.807, 2.05) is 25.1 Å². The number of anilines is 2. The molecule has 36 heavy (non-hydrogen) atoms. The van der Waals surface area contributed by atoms with Gasteiger partial charge in [0.15, 0.2) is 0 Å². The minimum Gasteiger partial charge on any atom is -0.497 e. The highest BCUT2D eigenvalue weighted by Crippen LogP contribution is 2.29. The Balaban J connectivity index is 1.94. The van der Waals surface area contributed by atoms with Gasteiger partial charge in [0.2, 0.25) is 0 Å². The second kappa shape index (κ2) is 13.2. The largest absolute Gasteiger partial charge is 0.497 e. The average Bonchev–Trinajstić information content (AvgIpc) is 3.42. The molecule has 0 aliphatic rings. The number of furan rings is 1. The summed E-state index contributed by atoms with van der Waals surface area (Å²) >= 11 is 0. The lowest BCUT2D eigenvalue weighted by Crippen LogP contribution is -2.30. The number of amides is 2. The van der Waals surface area contributed by atoms with Gasteiger partial charge in [-0.05, 0) is 55.3 Å². The molecule has 0 fully saturated rings. The summed E-state index contributed by atoms with van der Waals surface area (Å²) in [5.74, 6) is 1.27. The number of ether oxygens (including phenoxy) is 2. The van der Waals surface area contributed by atoms with E-state index in [-0.39, 0.29) is 11.8 Å². The van der Waals surface area contributed by atoms with E-state index in [1.165, 1.54) is 7.11 Å². The number of methoxy groups -OCH3 is 2. The molecule has 0 aliphatic heterocycles. The van der Waals surface area contributed by atoms with Crippen molar-refractivity contribution in [2.24, 2.45) is 0 Å². The predicted molar refractivity (Wildman–Crippen MR) is 141 cm³/mol. The lowest BCUT2D eigenvalue weighted by atomic mass is 10.1. The second-order valence-electron chi connectivity index (χ2n) is 8.36. The summed E-state index contributed by atoms with van der Waals surface area (Å²) in [6, 6.07) is 14.2. The highest BCUT2D eigenvalue weighted by molar-refractivity contribution is 6.08. The normalized spacial score (nSPS) is 10.6. The van der Waals surface area contributed by atoms with Gasteiger partial charge in [-0.15, -0.1) is 0 Å². The summed E-state index contributed by atoms with van der Waals surface area (Å²) in [5.41, 5.74) is 2.15. The van der Waals surface area contributed by atoms with Gasteiger partial charge in [0.05, 0.1) is 43.8 Å². The number of rotatable bonds is 13. The molecule has 192 valence electrons. The first-order chi connectivity index (χ1) is 17.5. The average molecular weight is 494 g/mol. The van der Waals surface area contributed by atoms with E-state index in [0.29, 0.717) is 41.4 Å². The van der Waals surface area contributed by atoms with Crippen LogP contribution in [0.1, 0.15) is 59.6 Å². The van der Waals surface area contributed by atoms with Crippen LogP contribution in [0.15, 0.2) is 59.2 Å². The smallest absolute Gasteiger partial charge is 0.259 e. The van der Waals surface area contributed by atoms with E-state index in [2.05, 4.69) is 22.5 Å². The molecule has 3 aromatic rings. The van der Waals surface area contributed by atoms with Crippen LogP contribution in [0.4, 0.5) is 11.4 Å². The molecule has 8 heteroatoms. The van der Waals surface area contributed by atoms with E-state index < -0.39 is 0 Å². The first-order valence-corrected chi connectivity index (χ1v) is 12.2. The van der Waals surface area contributed by atoms with Gasteiger partial charge >= 0.3 is 0 Å². The van der Waals surface area contributed by atoms with Crippen molar-refractivity contribution in [3.8, 4) is 11.5 Å². The number of carbonyl (C=O) groups excluding carboxylic acids is 2. The fourth-order valence-electron chi connectivity index (χ4n) is 3.81. The molecular weight excluding hydrogens is 458 g/mol. The standard InChI is InChI=1S/C28H35N3O5/c1-5-7-15-31(19-22-9-8-16-36-22)25-13-10-20(17-24(25)27(32)29-14-6-2)30-28(33)23-12-11-21(34-3)18-26(23)35-4/h8-13,16-18H,5-7,14-15,19H2,1-4H3,(H,29,32)(H,30,33). The molecule has 1 aromatic heterocycles. The zero-order valence-electron chi connectivity index (χ0n) is 21.4. The van der Waals surface area contributed by atoms with Crippen molar-refractivity contribution in [3.05, 3.63) is 71.7 Å². The van der Waals surface area contributed by atoms with Gasteiger partial charge < -0.3 is 29.4 Å². The number of nitrogens with one attached hydrogen (secondary N) is 2. The van der Waals surface area contributed by atoms with Gasteiger partial charge in [-0.3, -0.25) is 9.59 Å². The fraction of sp³-hybridized carbons (Fsp3) is 0.357. The summed E-state index contributed by atoms with van der Waals surface area (Å²) < 4.78 is 16.2. The van der Waals surface area contributed by atoms with Crippen molar-refractivity contribution in [2.45, 2.75) is 39.7 Å². The fourth-order valence-corrected chi connectivity index (χ4v) is 3.81. The van der Waals surface area contributed by atoms with Crippen molar-refractivity contribution in [1.29, 1.82) is 0 Å². The Morgan fingerprint density at radius 1 is 0.944 bits per heavy atom. The molecule has 2 amide bonds. The van der Waals surface area contributed by atoms with Crippen LogP contribution in [0.2, 0.25) is 0 Å². The first kappa shape index (κ1) is 26.7. The van der Waals surface area contributed by atoms with Crippen molar-refractivity contribution in [1.82, 2.24) is 5.32 Å². The number of carbonyl (C=O) groups is 2. The zero-order chi connectivity index (χ0) is 25.9. The van der Waals surface area contributed by atoms with Crippen LogP contribution in [0.5, 0.6) is 11.5 Å². The van der Waals surface area contributed by atoms with Gasteiger partial charge in [-0.2, -0.15) is 0 Å². The molecule has 0 bridgehead atoms. The van der Waals surface area contributed by atoms with Crippen molar-refractivity contribution < 1.29 is 23.5 Å². The van der Waals surface area contributed by atoms with Crippen molar-refractivity contribution >= 4 is 23.2 Å². The molecule has 0 radical (unpaired) electrons. The number of nitrogens with zero attached hydrogens (tertiary/aromatic N) is 1. The lowest BCUT2D eigenvalue weighted by molar-refractivity contribution is 0.0952. The third-order valence-electron chi connectivity index (χ3n) is 5.74. The third-order valence-corrected chi connectivity index (χ3v) is 5.74. The molecule has 2 aromatic carbocycles. The van der Waals surface area contributed by atoms with Gasteiger partial charge in [-0.25, -0.2) is 0 Å². The minimum atomic E-state index is -0.347. The summed E-state index contributed by atoms with van der Waals surface area (Å²) in [5, 5.41) is 5.87. The predicted octanol–water partition coefficient (Wildman–Crippen LogP) is 5.50. The van der Waals surface area contributed by atoms with Gasteiger partial charge in [0, 0.05) is 24.8 Å². The highest BCUT2D eigenvalue weighted by atomic mass is 16.5. The monoisotopic (exact) mass is 493 g/mol. The van der Waals surface area contributed by atoms with Crippen molar-refractivity contribution in [3.63, 3.8) is 0 Å². The SMILES string of the molecule is CCCCN(Cc1ccco1)c1ccc(NC(=O)c2ccc(OC)cc2OC)cc1C(=O)NCCC. The van der Waals surface area contributed by atoms with Crippen LogP contribution in [0, 0.1) is 0 Å². The Morgan fingerprint density at radius 3 is 2.44 bits per heavy atom. The molecule has 0 unspecified atom stereocenters. The zero-order valence-corrected chi connectivity index (χ0v) is 21.4. The minimum absolute atomic E-state index is 0.189. The van der Waals surface area contributed by atoms with E-state index in [4.69, 9.17) is 13.9 Å². The summed E-state index contributed by atoms with van der Waals surface area (Å²) in [7, 11) is 3.05. The van der Waals surface area contributed by atoms with Crippen LogP contribution >= 0.6 is 0 Å². The van der Waals surface area contributed by atoms with Gasteiger partial charge in [-0.1, -0.05) is 20.3 Å². The Labute approximate surface area is 212 Å².